The van der Waals surface area contributed by atoms with Crippen molar-refractivity contribution in [3.05, 3.63) is 57.8 Å². The number of carbonyl (C=O) groups excluding carboxylic acids is 1. The topological polar surface area (TPSA) is 85.8 Å². The number of rotatable bonds is 8. The maximum atomic E-state index is 12.0. The first-order valence-electron chi connectivity index (χ1n) is 9.12. The van der Waals surface area contributed by atoms with Crippen molar-refractivity contribution in [2.24, 2.45) is 4.99 Å². The summed E-state index contributed by atoms with van der Waals surface area (Å²) in [6.45, 7) is 7.76. The van der Waals surface area contributed by atoms with Gasteiger partial charge in [0, 0.05) is 23.5 Å². The van der Waals surface area contributed by atoms with E-state index in [9.17, 15) is 9.90 Å². The zero-order chi connectivity index (χ0) is 19.7. The van der Waals surface area contributed by atoms with Gasteiger partial charge in [0.1, 0.15) is 5.60 Å². The Bertz CT molecular complexity index is 757. The van der Waals surface area contributed by atoms with E-state index < -0.39 is 5.60 Å². The van der Waals surface area contributed by atoms with Crippen LogP contribution in [0.25, 0.3) is 0 Å². The van der Waals surface area contributed by atoms with E-state index in [0.29, 0.717) is 37.7 Å². The van der Waals surface area contributed by atoms with Gasteiger partial charge in [-0.2, -0.15) is 0 Å². The second kappa shape index (κ2) is 10.1. The molecule has 146 valence electrons. The van der Waals surface area contributed by atoms with Gasteiger partial charge < -0.3 is 21.1 Å². The Kier molecular flexibility index (Phi) is 7.82. The molecule has 7 heteroatoms. The van der Waals surface area contributed by atoms with E-state index >= 15 is 0 Å². The first-order valence-corrected chi connectivity index (χ1v) is 10.00. The van der Waals surface area contributed by atoms with Gasteiger partial charge in [0.15, 0.2) is 5.96 Å². The molecule has 4 N–H and O–H groups in total. The van der Waals surface area contributed by atoms with Gasteiger partial charge in [-0.1, -0.05) is 18.2 Å². The normalized spacial score (nSPS) is 13.7. The van der Waals surface area contributed by atoms with Crippen molar-refractivity contribution in [2.45, 2.75) is 32.9 Å². The van der Waals surface area contributed by atoms with E-state index in [1.807, 2.05) is 49.6 Å². The van der Waals surface area contributed by atoms with Gasteiger partial charge in [0.05, 0.1) is 13.1 Å². The van der Waals surface area contributed by atoms with E-state index in [1.54, 1.807) is 13.0 Å². The molecule has 0 saturated heterocycles. The summed E-state index contributed by atoms with van der Waals surface area (Å²) in [5, 5.41) is 21.8. The standard InChI is InChI=1S/C20H28N4O2S/c1-4-21-18(25)16-9-6-8-15(12-16)13-23-19(22-5-2)24-14-20(3,26)17-10-7-11-27-17/h6-12,26H,4-5,13-14H2,1-3H3,(H,21,25)(H2,22,23,24). The Hall–Kier alpha value is -2.38. The summed E-state index contributed by atoms with van der Waals surface area (Å²) in [7, 11) is 0. The van der Waals surface area contributed by atoms with Gasteiger partial charge in [-0.15, -0.1) is 11.3 Å². The van der Waals surface area contributed by atoms with Crippen LogP contribution >= 0.6 is 11.3 Å². The third kappa shape index (κ3) is 6.37. The van der Waals surface area contributed by atoms with Crippen LogP contribution in [-0.2, 0) is 12.1 Å². The number of guanidine groups is 1. The van der Waals surface area contributed by atoms with Crippen molar-refractivity contribution < 1.29 is 9.90 Å². The molecule has 0 aliphatic rings. The molecule has 0 fully saturated rings. The lowest BCUT2D eigenvalue weighted by atomic mass is 10.1. The Morgan fingerprint density at radius 2 is 1.93 bits per heavy atom. The minimum absolute atomic E-state index is 0.0830. The number of carbonyl (C=O) groups is 1. The Morgan fingerprint density at radius 3 is 2.59 bits per heavy atom. The third-order valence-corrected chi connectivity index (χ3v) is 5.07. The minimum atomic E-state index is -0.970. The van der Waals surface area contributed by atoms with Crippen LogP contribution in [0.15, 0.2) is 46.8 Å². The van der Waals surface area contributed by atoms with Crippen LogP contribution in [0.2, 0.25) is 0 Å². The molecular formula is C20H28N4O2S. The summed E-state index contributed by atoms with van der Waals surface area (Å²) in [4.78, 5) is 17.4. The number of benzene rings is 1. The lowest BCUT2D eigenvalue weighted by Gasteiger charge is -2.23. The van der Waals surface area contributed by atoms with Crippen molar-refractivity contribution in [1.29, 1.82) is 0 Å². The summed E-state index contributed by atoms with van der Waals surface area (Å²) in [5.41, 5.74) is 0.604. The van der Waals surface area contributed by atoms with E-state index in [1.165, 1.54) is 11.3 Å². The molecule has 0 aliphatic heterocycles. The number of aliphatic hydroxyl groups is 1. The molecule has 0 saturated carbocycles. The molecule has 6 nitrogen and oxygen atoms in total. The molecule has 1 atom stereocenters. The van der Waals surface area contributed by atoms with Crippen LogP contribution < -0.4 is 16.0 Å². The molecule has 0 radical (unpaired) electrons. The molecule has 27 heavy (non-hydrogen) atoms. The zero-order valence-electron chi connectivity index (χ0n) is 16.1. The van der Waals surface area contributed by atoms with E-state index in [2.05, 4.69) is 20.9 Å². The van der Waals surface area contributed by atoms with Crippen LogP contribution in [0.3, 0.4) is 0 Å². The fourth-order valence-corrected chi connectivity index (χ4v) is 3.30. The summed E-state index contributed by atoms with van der Waals surface area (Å²) >= 11 is 1.53. The predicted molar refractivity (Wildman–Crippen MR) is 111 cm³/mol. The number of hydrogen-bond donors (Lipinski definition) is 4. The molecule has 0 bridgehead atoms. The molecule has 0 spiro atoms. The first kappa shape index (κ1) is 20.9. The largest absolute Gasteiger partial charge is 0.383 e. The van der Waals surface area contributed by atoms with Crippen LogP contribution in [0, 0.1) is 0 Å². The second-order valence-electron chi connectivity index (χ2n) is 6.36. The molecule has 1 amide bonds. The maximum absolute atomic E-state index is 12.0. The summed E-state index contributed by atoms with van der Waals surface area (Å²) in [6.07, 6.45) is 0. The highest BCUT2D eigenvalue weighted by Crippen LogP contribution is 2.24. The highest BCUT2D eigenvalue weighted by atomic mass is 32.1. The highest BCUT2D eigenvalue weighted by molar-refractivity contribution is 7.10. The van der Waals surface area contributed by atoms with Gasteiger partial charge in [0.25, 0.3) is 5.91 Å². The highest BCUT2D eigenvalue weighted by Gasteiger charge is 2.24. The lowest BCUT2D eigenvalue weighted by Crippen LogP contribution is -2.44. The average molecular weight is 389 g/mol. The van der Waals surface area contributed by atoms with Crippen molar-refractivity contribution >= 4 is 23.2 Å². The third-order valence-electron chi connectivity index (χ3n) is 3.94. The maximum Gasteiger partial charge on any atom is 0.251 e. The fraction of sp³-hybridized carbons (Fsp3) is 0.400. The molecule has 2 rings (SSSR count). The Balaban J connectivity index is 2.03. The summed E-state index contributed by atoms with van der Waals surface area (Å²) < 4.78 is 0. The molecule has 0 aliphatic carbocycles. The number of amides is 1. The van der Waals surface area contributed by atoms with E-state index in [-0.39, 0.29) is 5.91 Å². The molecule has 1 heterocycles. The van der Waals surface area contributed by atoms with Crippen molar-refractivity contribution in [2.75, 3.05) is 19.6 Å². The Morgan fingerprint density at radius 1 is 1.15 bits per heavy atom. The van der Waals surface area contributed by atoms with Crippen molar-refractivity contribution in [3.8, 4) is 0 Å². The molecular weight excluding hydrogens is 360 g/mol. The van der Waals surface area contributed by atoms with Crippen LogP contribution in [0.1, 0.15) is 41.6 Å². The molecule has 1 aromatic carbocycles. The zero-order valence-corrected chi connectivity index (χ0v) is 16.9. The quantitative estimate of drug-likeness (QED) is 0.413. The number of hydrogen-bond acceptors (Lipinski definition) is 4. The minimum Gasteiger partial charge on any atom is -0.383 e. The van der Waals surface area contributed by atoms with Crippen LogP contribution in [-0.4, -0.2) is 36.6 Å². The van der Waals surface area contributed by atoms with Gasteiger partial charge >= 0.3 is 0 Å². The van der Waals surface area contributed by atoms with Gasteiger partial charge in [-0.25, -0.2) is 4.99 Å². The lowest BCUT2D eigenvalue weighted by molar-refractivity contribution is 0.0655. The smallest absolute Gasteiger partial charge is 0.251 e. The fourth-order valence-electron chi connectivity index (χ4n) is 2.51. The van der Waals surface area contributed by atoms with Crippen LogP contribution in [0.4, 0.5) is 0 Å². The average Bonchev–Trinajstić information content (AvgIpc) is 3.20. The molecule has 1 aromatic heterocycles. The number of thiophene rings is 1. The number of nitrogens with one attached hydrogen (secondary N) is 3. The van der Waals surface area contributed by atoms with Crippen LogP contribution in [0.5, 0.6) is 0 Å². The first-order chi connectivity index (χ1) is 13.0. The van der Waals surface area contributed by atoms with Crippen molar-refractivity contribution in [3.63, 3.8) is 0 Å². The van der Waals surface area contributed by atoms with Gasteiger partial charge in [0.2, 0.25) is 0 Å². The predicted octanol–water partition coefficient (Wildman–Crippen LogP) is 2.46. The van der Waals surface area contributed by atoms with E-state index in [0.717, 1.165) is 10.4 Å². The second-order valence-corrected chi connectivity index (χ2v) is 7.31. The Labute approximate surface area is 164 Å². The monoisotopic (exact) mass is 388 g/mol. The molecule has 2 aromatic rings. The number of nitrogens with zero attached hydrogens (tertiary/aromatic N) is 1. The summed E-state index contributed by atoms with van der Waals surface area (Å²) in [6, 6.07) is 11.3. The van der Waals surface area contributed by atoms with Crippen molar-refractivity contribution in [1.82, 2.24) is 16.0 Å². The summed E-state index contributed by atoms with van der Waals surface area (Å²) in [5.74, 6) is 0.540. The molecule has 1 unspecified atom stereocenters. The van der Waals surface area contributed by atoms with Gasteiger partial charge in [-0.05, 0) is 49.9 Å². The number of aliphatic imine (C=N–C) groups is 1. The van der Waals surface area contributed by atoms with E-state index in [4.69, 9.17) is 0 Å². The van der Waals surface area contributed by atoms with Gasteiger partial charge in [-0.3, -0.25) is 4.79 Å². The SMILES string of the molecule is CCNC(=O)c1cccc(CN=C(NCC)NCC(C)(O)c2cccs2)c1.